The number of nitriles is 1. The number of nitrogens with one attached hydrogen (secondary N) is 1. The normalized spacial score (nSPS) is 21.3. The van der Waals surface area contributed by atoms with Crippen LogP contribution in [0.4, 0.5) is 5.00 Å². The summed E-state index contributed by atoms with van der Waals surface area (Å²) in [5.41, 5.74) is 0.508. The van der Waals surface area contributed by atoms with Crippen LogP contribution >= 0.6 is 11.3 Å². The highest BCUT2D eigenvalue weighted by Gasteiger charge is 2.25. The number of rotatable bonds is 5. The fourth-order valence-electron chi connectivity index (χ4n) is 2.69. The van der Waals surface area contributed by atoms with Crippen molar-refractivity contribution in [2.75, 3.05) is 38.0 Å². The summed E-state index contributed by atoms with van der Waals surface area (Å²) in [5, 5.41) is 23.7. The van der Waals surface area contributed by atoms with Crippen LogP contribution in [0.1, 0.15) is 19.4 Å². The Hall–Kier alpha value is -1.46. The summed E-state index contributed by atoms with van der Waals surface area (Å²) in [6, 6.07) is 4.09. The van der Waals surface area contributed by atoms with Crippen LogP contribution in [0.5, 0.6) is 0 Å². The number of β-amino-alcohol motifs (C(OH)–C–C–N with tert-alkyl or cyclic N) is 1. The lowest BCUT2D eigenvalue weighted by Gasteiger charge is -2.40. The van der Waals surface area contributed by atoms with E-state index < -0.39 is 0 Å². The molecule has 0 bridgehead atoms. The molecule has 2 rings (SSSR count). The number of hydrogen-bond donors (Lipinski definition) is 2. The quantitative estimate of drug-likeness (QED) is 0.843. The van der Waals surface area contributed by atoms with E-state index in [-0.39, 0.29) is 12.0 Å². The van der Waals surface area contributed by atoms with E-state index in [0.717, 1.165) is 19.6 Å². The van der Waals surface area contributed by atoms with Gasteiger partial charge in [-0.1, -0.05) is 0 Å². The Kier molecular flexibility index (Phi) is 5.91. The maximum atomic E-state index is 12.1. The van der Waals surface area contributed by atoms with Gasteiger partial charge < -0.3 is 10.4 Å². The van der Waals surface area contributed by atoms with E-state index in [0.29, 0.717) is 29.7 Å². The van der Waals surface area contributed by atoms with Gasteiger partial charge in [-0.15, -0.1) is 11.3 Å². The Morgan fingerprint density at radius 2 is 2.41 bits per heavy atom. The Balaban J connectivity index is 1.82. The molecule has 1 amide bonds. The van der Waals surface area contributed by atoms with E-state index in [2.05, 4.69) is 28.1 Å². The summed E-state index contributed by atoms with van der Waals surface area (Å²) in [6.07, 6.45) is -0.333. The van der Waals surface area contributed by atoms with Gasteiger partial charge in [0.05, 0.1) is 18.2 Å². The Morgan fingerprint density at radius 3 is 3.05 bits per heavy atom. The third kappa shape index (κ3) is 4.52. The van der Waals surface area contributed by atoms with Crippen LogP contribution in [-0.2, 0) is 4.79 Å². The van der Waals surface area contributed by atoms with E-state index in [1.165, 1.54) is 11.3 Å². The van der Waals surface area contributed by atoms with E-state index in [1.807, 2.05) is 0 Å². The van der Waals surface area contributed by atoms with Crippen LogP contribution in [0.3, 0.4) is 0 Å². The number of piperazine rings is 1. The zero-order chi connectivity index (χ0) is 16.1. The molecule has 0 spiro atoms. The molecule has 0 aromatic carbocycles. The number of hydrogen-bond acceptors (Lipinski definition) is 6. The van der Waals surface area contributed by atoms with E-state index >= 15 is 0 Å². The van der Waals surface area contributed by atoms with E-state index in [1.54, 1.807) is 18.4 Å². The third-order valence-electron chi connectivity index (χ3n) is 3.75. The van der Waals surface area contributed by atoms with Gasteiger partial charge in [-0.25, -0.2) is 0 Å². The number of amides is 1. The van der Waals surface area contributed by atoms with Crippen molar-refractivity contribution in [2.45, 2.75) is 26.0 Å². The second kappa shape index (κ2) is 7.70. The lowest BCUT2D eigenvalue weighted by atomic mass is 10.1. The minimum Gasteiger partial charge on any atom is -0.392 e. The minimum absolute atomic E-state index is 0.0878. The molecule has 1 aromatic heterocycles. The topological polar surface area (TPSA) is 79.6 Å². The number of carbonyl (C=O) groups excluding carboxylic acids is 1. The Morgan fingerprint density at radius 1 is 1.64 bits per heavy atom. The number of nitrogens with zero attached hydrogens (tertiary/aromatic N) is 3. The van der Waals surface area contributed by atoms with E-state index in [9.17, 15) is 9.90 Å². The molecule has 120 valence electrons. The van der Waals surface area contributed by atoms with Crippen LogP contribution in [0.25, 0.3) is 0 Å². The third-order valence-corrected chi connectivity index (χ3v) is 4.58. The molecule has 2 N–H and O–H groups in total. The molecule has 7 heteroatoms. The molecule has 1 fully saturated rings. The monoisotopic (exact) mass is 322 g/mol. The molecule has 2 heterocycles. The fourth-order valence-corrected chi connectivity index (χ4v) is 3.44. The second-order valence-electron chi connectivity index (χ2n) is 5.75. The molecular weight excluding hydrogens is 300 g/mol. The molecule has 0 aliphatic carbocycles. The SMILES string of the molecule is C[C@H](O)CN1CCN(CC(=O)Nc2sccc2C#N)C[C@H]1C. The van der Waals surface area contributed by atoms with Gasteiger partial charge in [0.25, 0.3) is 0 Å². The van der Waals surface area contributed by atoms with Crippen molar-refractivity contribution < 1.29 is 9.90 Å². The average molecular weight is 322 g/mol. The van der Waals surface area contributed by atoms with Crippen molar-refractivity contribution in [3.8, 4) is 6.07 Å². The molecule has 6 nitrogen and oxygen atoms in total. The molecule has 22 heavy (non-hydrogen) atoms. The van der Waals surface area contributed by atoms with Crippen molar-refractivity contribution in [3.05, 3.63) is 17.0 Å². The molecule has 0 radical (unpaired) electrons. The van der Waals surface area contributed by atoms with Crippen molar-refractivity contribution in [3.63, 3.8) is 0 Å². The standard InChI is InChI=1S/C15H22N4O2S/c1-11-8-18(4-5-19(11)9-12(2)20)10-14(21)17-15-13(7-16)3-6-22-15/h3,6,11-12,20H,4-5,8-10H2,1-2H3,(H,17,21)/t11-,12+/m1/s1. The zero-order valence-electron chi connectivity index (χ0n) is 13.0. The van der Waals surface area contributed by atoms with Gasteiger partial charge in [0, 0.05) is 32.2 Å². The Bertz CT molecular complexity index is 552. The van der Waals surface area contributed by atoms with Gasteiger partial charge in [-0.3, -0.25) is 14.6 Å². The van der Waals surface area contributed by atoms with Crippen molar-refractivity contribution in [1.82, 2.24) is 9.80 Å². The van der Waals surface area contributed by atoms with Crippen LogP contribution < -0.4 is 5.32 Å². The maximum Gasteiger partial charge on any atom is 0.239 e. The molecular formula is C15H22N4O2S. The molecule has 0 unspecified atom stereocenters. The Labute approximate surface area is 134 Å². The van der Waals surface area contributed by atoms with Crippen LogP contribution in [0, 0.1) is 11.3 Å². The summed E-state index contributed by atoms with van der Waals surface area (Å²) >= 11 is 1.36. The first-order chi connectivity index (χ1) is 10.5. The molecule has 0 saturated carbocycles. The summed E-state index contributed by atoms with van der Waals surface area (Å²) in [6.45, 7) is 7.36. The first kappa shape index (κ1) is 16.9. The minimum atomic E-state index is -0.333. The number of anilines is 1. The van der Waals surface area contributed by atoms with Crippen molar-refractivity contribution in [2.24, 2.45) is 0 Å². The molecule has 1 saturated heterocycles. The van der Waals surface area contributed by atoms with Crippen LogP contribution in [-0.4, -0.2) is 65.7 Å². The van der Waals surface area contributed by atoms with Crippen molar-refractivity contribution >= 4 is 22.2 Å². The van der Waals surface area contributed by atoms with Gasteiger partial charge in [0.1, 0.15) is 11.1 Å². The number of aliphatic hydroxyl groups excluding tert-OH is 1. The highest BCUT2D eigenvalue weighted by Crippen LogP contribution is 2.22. The predicted octanol–water partition coefficient (Wildman–Crippen LogP) is 0.945. The van der Waals surface area contributed by atoms with Crippen molar-refractivity contribution in [1.29, 1.82) is 5.26 Å². The summed E-state index contributed by atoms with van der Waals surface area (Å²) in [7, 11) is 0. The maximum absolute atomic E-state index is 12.1. The molecule has 2 atom stereocenters. The number of carbonyl (C=O) groups is 1. The highest BCUT2D eigenvalue weighted by atomic mass is 32.1. The fraction of sp³-hybridized carbons (Fsp3) is 0.600. The summed E-state index contributed by atoms with van der Waals surface area (Å²) in [4.78, 5) is 16.5. The first-order valence-electron chi connectivity index (χ1n) is 7.41. The van der Waals surface area contributed by atoms with Crippen LogP contribution in [0.2, 0.25) is 0 Å². The first-order valence-corrected chi connectivity index (χ1v) is 8.29. The summed E-state index contributed by atoms with van der Waals surface area (Å²) < 4.78 is 0. The lowest BCUT2D eigenvalue weighted by Crippen LogP contribution is -2.54. The van der Waals surface area contributed by atoms with Gasteiger partial charge in [0.15, 0.2) is 0 Å². The number of thiophene rings is 1. The lowest BCUT2D eigenvalue weighted by molar-refractivity contribution is -0.118. The number of aliphatic hydroxyl groups is 1. The second-order valence-corrected chi connectivity index (χ2v) is 6.67. The van der Waals surface area contributed by atoms with Crippen LogP contribution in [0.15, 0.2) is 11.4 Å². The largest absolute Gasteiger partial charge is 0.392 e. The van der Waals surface area contributed by atoms with Gasteiger partial charge in [-0.2, -0.15) is 5.26 Å². The predicted molar refractivity (Wildman–Crippen MR) is 86.8 cm³/mol. The van der Waals surface area contributed by atoms with Gasteiger partial charge in [0.2, 0.25) is 5.91 Å². The van der Waals surface area contributed by atoms with Gasteiger partial charge in [-0.05, 0) is 25.3 Å². The molecule has 1 aliphatic rings. The summed E-state index contributed by atoms with van der Waals surface area (Å²) in [5.74, 6) is -0.0878. The average Bonchev–Trinajstić information content (AvgIpc) is 2.88. The zero-order valence-corrected chi connectivity index (χ0v) is 13.8. The molecule has 1 aliphatic heterocycles. The smallest absolute Gasteiger partial charge is 0.239 e. The highest BCUT2D eigenvalue weighted by molar-refractivity contribution is 7.14. The molecule has 1 aromatic rings. The van der Waals surface area contributed by atoms with Gasteiger partial charge >= 0.3 is 0 Å². The van der Waals surface area contributed by atoms with E-state index in [4.69, 9.17) is 5.26 Å².